The summed E-state index contributed by atoms with van der Waals surface area (Å²) in [6, 6.07) is 9.59. The molecule has 1 saturated heterocycles. The van der Waals surface area contributed by atoms with Crippen LogP contribution >= 0.6 is 0 Å². The van der Waals surface area contributed by atoms with Crippen molar-refractivity contribution in [2.45, 2.75) is 95.8 Å². The summed E-state index contributed by atoms with van der Waals surface area (Å²) >= 11 is 0. The molecular weight excluding hydrogens is 440 g/mol. The molecule has 7 heteroatoms. The zero-order chi connectivity index (χ0) is 24.7. The maximum Gasteiger partial charge on any atom is 0.272 e. The molecule has 4 rings (SSSR count). The van der Waals surface area contributed by atoms with E-state index in [2.05, 4.69) is 27.8 Å². The Kier molecular flexibility index (Phi) is 8.74. The second-order valence-corrected chi connectivity index (χ2v) is 10.1. The number of hydrogen-bond acceptors (Lipinski definition) is 6. The second-order valence-electron chi connectivity index (χ2n) is 10.1. The van der Waals surface area contributed by atoms with Crippen LogP contribution < -0.4 is 15.4 Å². The minimum absolute atomic E-state index is 0.271. The highest BCUT2D eigenvalue weighted by Gasteiger charge is 2.36. The molecule has 1 aromatic heterocycles. The molecule has 0 bridgehead atoms. The monoisotopic (exact) mass is 480 g/mol. The van der Waals surface area contributed by atoms with Crippen molar-refractivity contribution < 1.29 is 14.6 Å². The number of rotatable bonds is 9. The van der Waals surface area contributed by atoms with E-state index in [4.69, 9.17) is 4.74 Å². The van der Waals surface area contributed by atoms with Crippen LogP contribution in [-0.2, 0) is 6.42 Å². The highest BCUT2D eigenvalue weighted by molar-refractivity contribution is 5.93. The van der Waals surface area contributed by atoms with E-state index in [0.29, 0.717) is 18.9 Å². The largest absolute Gasteiger partial charge is 0.490 e. The molecule has 35 heavy (non-hydrogen) atoms. The fraction of sp³-hybridized carbons (Fsp3) is 0.607. The van der Waals surface area contributed by atoms with Gasteiger partial charge in [0.15, 0.2) is 5.69 Å². The maximum absolute atomic E-state index is 13.1. The fourth-order valence-electron chi connectivity index (χ4n) is 5.09. The Morgan fingerprint density at radius 1 is 1.17 bits per heavy atom. The summed E-state index contributed by atoms with van der Waals surface area (Å²) in [5.74, 6) is 0.581. The summed E-state index contributed by atoms with van der Waals surface area (Å²) in [5.41, 5.74) is 2.19. The van der Waals surface area contributed by atoms with Gasteiger partial charge in [-0.2, -0.15) is 5.10 Å². The number of benzene rings is 1. The summed E-state index contributed by atoms with van der Waals surface area (Å²) in [7, 11) is 0. The molecule has 1 atom stereocenters. The molecule has 1 unspecified atom stereocenters. The van der Waals surface area contributed by atoms with Crippen LogP contribution in [0.15, 0.2) is 30.3 Å². The maximum atomic E-state index is 13.1. The van der Waals surface area contributed by atoms with E-state index in [1.54, 1.807) is 0 Å². The number of piperidine rings is 1. The number of hydrogen-bond donors (Lipinski definition) is 3. The van der Waals surface area contributed by atoms with E-state index in [-0.39, 0.29) is 17.6 Å². The molecule has 1 aliphatic heterocycles. The van der Waals surface area contributed by atoms with Crippen LogP contribution in [0.4, 0.5) is 0 Å². The first-order valence-corrected chi connectivity index (χ1v) is 13.4. The van der Waals surface area contributed by atoms with Crippen molar-refractivity contribution in [2.24, 2.45) is 0 Å². The standard InChI is InChI=1S/C28H40N4O3/c1-3-4-10-25-24(21-11-13-23(14-12-21)35-22-8-6-5-7-9-22)19-26(32-31-25)27(33)30-20(2)28(34)15-17-29-18-16-28/h11-14,19-20,22,29,34H,3-10,15-18H2,1-2H3,(H,30,33). The van der Waals surface area contributed by atoms with Gasteiger partial charge < -0.3 is 20.5 Å². The van der Waals surface area contributed by atoms with Crippen molar-refractivity contribution in [3.8, 4) is 16.9 Å². The number of aromatic nitrogens is 2. The molecule has 1 amide bonds. The number of aliphatic hydroxyl groups is 1. The van der Waals surface area contributed by atoms with Crippen molar-refractivity contribution in [1.82, 2.24) is 20.8 Å². The van der Waals surface area contributed by atoms with Gasteiger partial charge in [0.1, 0.15) is 5.75 Å². The number of nitrogens with one attached hydrogen (secondary N) is 2. The van der Waals surface area contributed by atoms with Gasteiger partial charge >= 0.3 is 0 Å². The number of ether oxygens (including phenoxy) is 1. The van der Waals surface area contributed by atoms with Gasteiger partial charge in [0.05, 0.1) is 23.4 Å². The number of unbranched alkanes of at least 4 members (excludes halogenated alkanes) is 1. The Morgan fingerprint density at radius 3 is 2.57 bits per heavy atom. The van der Waals surface area contributed by atoms with Crippen molar-refractivity contribution in [3.63, 3.8) is 0 Å². The number of carbonyl (C=O) groups is 1. The molecule has 2 heterocycles. The van der Waals surface area contributed by atoms with E-state index in [9.17, 15) is 9.90 Å². The highest BCUT2D eigenvalue weighted by atomic mass is 16.5. The van der Waals surface area contributed by atoms with Crippen LogP contribution in [0.1, 0.15) is 87.8 Å². The average molecular weight is 481 g/mol. The lowest BCUT2D eigenvalue weighted by Gasteiger charge is -2.37. The van der Waals surface area contributed by atoms with Crippen LogP contribution in [0.25, 0.3) is 11.1 Å². The molecular formula is C28H40N4O3. The third-order valence-corrected chi connectivity index (χ3v) is 7.51. The Labute approximate surface area is 209 Å². The Hall–Kier alpha value is -2.51. The zero-order valence-corrected chi connectivity index (χ0v) is 21.2. The topological polar surface area (TPSA) is 96.4 Å². The lowest BCUT2D eigenvalue weighted by atomic mass is 9.86. The van der Waals surface area contributed by atoms with Gasteiger partial charge in [-0.15, -0.1) is 5.10 Å². The van der Waals surface area contributed by atoms with Crippen molar-refractivity contribution in [2.75, 3.05) is 13.1 Å². The van der Waals surface area contributed by atoms with Gasteiger partial charge in [-0.3, -0.25) is 4.79 Å². The summed E-state index contributed by atoms with van der Waals surface area (Å²) in [6.45, 7) is 5.50. The smallest absolute Gasteiger partial charge is 0.272 e. The molecule has 3 N–H and O–H groups in total. The van der Waals surface area contributed by atoms with E-state index in [0.717, 1.165) is 67.8 Å². The predicted molar refractivity (Wildman–Crippen MR) is 138 cm³/mol. The van der Waals surface area contributed by atoms with E-state index < -0.39 is 5.60 Å². The summed E-state index contributed by atoms with van der Waals surface area (Å²) in [6.07, 6.45) is 10.4. The third-order valence-electron chi connectivity index (χ3n) is 7.51. The van der Waals surface area contributed by atoms with Crippen LogP contribution in [-0.4, -0.2) is 52.0 Å². The summed E-state index contributed by atoms with van der Waals surface area (Å²) in [5, 5.41) is 25.9. The molecule has 1 aliphatic carbocycles. The highest BCUT2D eigenvalue weighted by Crippen LogP contribution is 2.29. The fourth-order valence-corrected chi connectivity index (χ4v) is 5.09. The van der Waals surface area contributed by atoms with E-state index in [1.165, 1.54) is 19.3 Å². The van der Waals surface area contributed by atoms with Crippen molar-refractivity contribution in [3.05, 3.63) is 41.7 Å². The number of amides is 1. The molecule has 0 spiro atoms. The number of nitrogens with zero attached hydrogens (tertiary/aromatic N) is 2. The average Bonchev–Trinajstić information content (AvgIpc) is 2.89. The Balaban J connectivity index is 1.51. The molecule has 2 fully saturated rings. The van der Waals surface area contributed by atoms with Crippen LogP contribution in [0.2, 0.25) is 0 Å². The zero-order valence-electron chi connectivity index (χ0n) is 21.2. The SMILES string of the molecule is CCCCc1nnc(C(=O)NC(C)C2(O)CCNCC2)cc1-c1ccc(OC2CCCCC2)cc1. The van der Waals surface area contributed by atoms with Crippen LogP contribution in [0.5, 0.6) is 5.75 Å². The Morgan fingerprint density at radius 2 is 1.89 bits per heavy atom. The lowest BCUT2D eigenvalue weighted by Crippen LogP contribution is -2.55. The Bertz CT molecular complexity index is 967. The van der Waals surface area contributed by atoms with Crippen LogP contribution in [0, 0.1) is 0 Å². The molecule has 2 aliphatic rings. The van der Waals surface area contributed by atoms with Gasteiger partial charge in [-0.1, -0.05) is 31.9 Å². The molecule has 190 valence electrons. The van der Waals surface area contributed by atoms with Crippen molar-refractivity contribution >= 4 is 5.91 Å². The normalized spacial score (nSPS) is 19.2. The number of carbonyl (C=O) groups excluding carboxylic acids is 1. The van der Waals surface area contributed by atoms with E-state index >= 15 is 0 Å². The molecule has 1 aromatic carbocycles. The first-order valence-electron chi connectivity index (χ1n) is 13.4. The minimum atomic E-state index is -0.910. The van der Waals surface area contributed by atoms with Gasteiger partial charge in [-0.25, -0.2) is 0 Å². The molecule has 0 radical (unpaired) electrons. The van der Waals surface area contributed by atoms with Gasteiger partial charge in [0.25, 0.3) is 5.91 Å². The minimum Gasteiger partial charge on any atom is -0.490 e. The van der Waals surface area contributed by atoms with Crippen molar-refractivity contribution in [1.29, 1.82) is 0 Å². The van der Waals surface area contributed by atoms with Gasteiger partial charge in [-0.05, 0) is 95.1 Å². The molecule has 2 aromatic rings. The summed E-state index contributed by atoms with van der Waals surface area (Å²) < 4.78 is 6.19. The van der Waals surface area contributed by atoms with E-state index in [1.807, 2.05) is 37.3 Å². The summed E-state index contributed by atoms with van der Waals surface area (Å²) in [4.78, 5) is 13.1. The van der Waals surface area contributed by atoms with Gasteiger partial charge in [0.2, 0.25) is 0 Å². The predicted octanol–water partition coefficient (Wildman–Crippen LogP) is 4.43. The van der Waals surface area contributed by atoms with Crippen LogP contribution in [0.3, 0.4) is 0 Å². The van der Waals surface area contributed by atoms with Gasteiger partial charge in [0, 0.05) is 5.56 Å². The number of aryl methyl sites for hydroxylation is 1. The lowest BCUT2D eigenvalue weighted by molar-refractivity contribution is -0.0179. The first-order chi connectivity index (χ1) is 17.0. The second kappa shape index (κ2) is 12.0. The third kappa shape index (κ3) is 6.58. The molecule has 7 nitrogen and oxygen atoms in total. The quantitative estimate of drug-likeness (QED) is 0.491. The molecule has 1 saturated carbocycles. The first kappa shape index (κ1) is 25.6.